The van der Waals surface area contributed by atoms with Gasteiger partial charge in [-0.25, -0.2) is 0 Å². The first-order valence-corrected chi connectivity index (χ1v) is 8.98. The molecule has 0 aliphatic carbocycles. The van der Waals surface area contributed by atoms with Gasteiger partial charge in [-0.05, 0) is 38.1 Å². The summed E-state index contributed by atoms with van der Waals surface area (Å²) < 4.78 is 10.9. The van der Waals surface area contributed by atoms with Crippen molar-refractivity contribution in [3.8, 4) is 5.75 Å². The van der Waals surface area contributed by atoms with Crippen molar-refractivity contribution >= 4 is 5.78 Å². The number of carbonyl (C=O) groups excluding carboxylic acids is 1. The van der Waals surface area contributed by atoms with Crippen LogP contribution in [-0.4, -0.2) is 95.5 Å². The van der Waals surface area contributed by atoms with Crippen molar-refractivity contribution in [2.24, 2.45) is 0 Å². The molecule has 0 aliphatic heterocycles. The maximum absolute atomic E-state index is 11.9. The molecular formula is C19H31NO7. The summed E-state index contributed by atoms with van der Waals surface area (Å²) in [6.45, 7) is 4.55. The average molecular weight is 385 g/mol. The molecule has 0 saturated heterocycles. The number of aliphatic hydroxyl groups excluding tert-OH is 3. The van der Waals surface area contributed by atoms with Crippen LogP contribution in [0.1, 0.15) is 24.2 Å². The lowest BCUT2D eigenvalue weighted by Gasteiger charge is -2.23. The largest absolute Gasteiger partial charge is 0.491 e. The van der Waals surface area contributed by atoms with E-state index in [1.807, 2.05) is 0 Å². The van der Waals surface area contributed by atoms with E-state index in [4.69, 9.17) is 19.7 Å². The highest BCUT2D eigenvalue weighted by molar-refractivity contribution is 6.01. The number of Topliss-reactive ketones (excluding diaryl/α,β-unsaturated/α-hetero) is 1. The first-order valence-electron chi connectivity index (χ1n) is 8.98. The first kappa shape index (κ1) is 23.5. The summed E-state index contributed by atoms with van der Waals surface area (Å²) in [5.74, 6) is 0.214. The molecule has 1 rings (SSSR count). The minimum absolute atomic E-state index is 0.0401. The molecule has 0 aliphatic rings. The van der Waals surface area contributed by atoms with Gasteiger partial charge >= 0.3 is 0 Å². The summed E-state index contributed by atoms with van der Waals surface area (Å²) in [6, 6.07) is 6.49. The second-order valence-electron chi connectivity index (χ2n) is 6.74. The summed E-state index contributed by atoms with van der Waals surface area (Å²) in [5.41, 5.74) is -1.01. The van der Waals surface area contributed by atoms with Crippen molar-refractivity contribution < 1.29 is 34.7 Å². The zero-order chi connectivity index (χ0) is 20.3. The Bertz CT molecular complexity index is 536. The molecule has 0 saturated carbocycles. The number of ketones is 1. The van der Waals surface area contributed by atoms with Gasteiger partial charge in [-0.2, -0.15) is 0 Å². The minimum atomic E-state index is -1.42. The van der Waals surface area contributed by atoms with E-state index in [2.05, 4.69) is 0 Å². The van der Waals surface area contributed by atoms with Crippen LogP contribution < -0.4 is 4.74 Å². The van der Waals surface area contributed by atoms with E-state index in [1.54, 1.807) is 29.2 Å². The van der Waals surface area contributed by atoms with E-state index < -0.39 is 11.7 Å². The van der Waals surface area contributed by atoms with Crippen LogP contribution in [0.2, 0.25) is 0 Å². The van der Waals surface area contributed by atoms with Crippen LogP contribution in [0.25, 0.3) is 0 Å². The first-order chi connectivity index (χ1) is 12.8. The quantitative estimate of drug-likeness (QED) is 0.254. The Morgan fingerprint density at radius 2 is 1.70 bits per heavy atom. The molecule has 0 spiro atoms. The van der Waals surface area contributed by atoms with Crippen molar-refractivity contribution in [2.75, 3.05) is 52.7 Å². The fourth-order valence-corrected chi connectivity index (χ4v) is 2.42. The van der Waals surface area contributed by atoms with E-state index >= 15 is 0 Å². The van der Waals surface area contributed by atoms with Gasteiger partial charge in [0.15, 0.2) is 5.78 Å². The molecule has 8 nitrogen and oxygen atoms in total. The summed E-state index contributed by atoms with van der Waals surface area (Å²) in [4.78, 5) is 13.7. The molecule has 0 heterocycles. The Labute approximate surface area is 160 Å². The monoisotopic (exact) mass is 385 g/mol. The molecule has 27 heavy (non-hydrogen) atoms. The van der Waals surface area contributed by atoms with Gasteiger partial charge in [-0.1, -0.05) is 0 Å². The molecule has 1 atom stereocenters. The Morgan fingerprint density at radius 3 is 2.22 bits per heavy atom. The molecule has 1 aromatic rings. The molecule has 0 fully saturated rings. The van der Waals surface area contributed by atoms with Gasteiger partial charge in [0.1, 0.15) is 18.0 Å². The molecule has 1 unspecified atom stereocenters. The molecule has 0 radical (unpaired) electrons. The molecular weight excluding hydrogens is 354 g/mol. The smallest absolute Gasteiger partial charge is 0.193 e. The Balaban J connectivity index is 2.27. The second kappa shape index (κ2) is 12.0. The van der Waals surface area contributed by atoms with Gasteiger partial charge < -0.3 is 29.9 Å². The number of hydrogen-bond acceptors (Lipinski definition) is 8. The molecule has 1 aromatic carbocycles. The average Bonchev–Trinajstić information content (AvgIpc) is 2.61. The van der Waals surface area contributed by atoms with Crippen molar-refractivity contribution in [3.63, 3.8) is 0 Å². The van der Waals surface area contributed by atoms with Crippen LogP contribution in [-0.2, 0) is 4.74 Å². The van der Waals surface area contributed by atoms with E-state index in [9.17, 15) is 15.0 Å². The van der Waals surface area contributed by atoms with Crippen LogP contribution in [0.3, 0.4) is 0 Å². The minimum Gasteiger partial charge on any atom is -0.491 e. The second-order valence-corrected chi connectivity index (χ2v) is 6.74. The van der Waals surface area contributed by atoms with Crippen LogP contribution in [0.4, 0.5) is 0 Å². The fraction of sp³-hybridized carbons (Fsp3) is 0.632. The summed E-state index contributed by atoms with van der Waals surface area (Å²) >= 11 is 0. The topological polar surface area (TPSA) is 120 Å². The number of aliphatic hydroxyl groups is 4. The molecule has 0 amide bonds. The fourth-order valence-electron chi connectivity index (χ4n) is 2.42. The summed E-state index contributed by atoms with van der Waals surface area (Å²) in [6.07, 6.45) is -0.727. The van der Waals surface area contributed by atoms with Gasteiger partial charge in [0.05, 0.1) is 32.5 Å². The van der Waals surface area contributed by atoms with Crippen molar-refractivity contribution in [1.29, 1.82) is 0 Å². The third-order valence-electron chi connectivity index (χ3n) is 3.78. The van der Waals surface area contributed by atoms with E-state index in [0.717, 1.165) is 0 Å². The number of ether oxygens (including phenoxy) is 2. The lowest BCUT2D eigenvalue weighted by Crippen LogP contribution is -2.38. The number of benzene rings is 1. The molecule has 4 N–H and O–H groups in total. The highest BCUT2D eigenvalue weighted by Crippen LogP contribution is 2.17. The summed E-state index contributed by atoms with van der Waals surface area (Å²) in [7, 11) is 0. The maximum atomic E-state index is 11.9. The Hall–Kier alpha value is -1.55. The van der Waals surface area contributed by atoms with E-state index in [-0.39, 0.29) is 38.8 Å². The zero-order valence-electron chi connectivity index (χ0n) is 16.0. The SMILES string of the molecule is CC(C)(O)C(=O)c1ccc(OCCOCC(O)CN(CCO)CCO)cc1. The standard InChI is InChI=1S/C19H31NO7/c1-19(2,25)18(24)15-3-5-17(6-4-15)27-12-11-26-14-16(23)13-20(7-9-21)8-10-22/h3-6,16,21-23,25H,7-14H2,1-2H3. The number of hydrogen-bond donors (Lipinski definition) is 4. The Kier molecular flexibility index (Phi) is 10.5. The van der Waals surface area contributed by atoms with Crippen LogP contribution in [0.15, 0.2) is 24.3 Å². The van der Waals surface area contributed by atoms with E-state index in [1.165, 1.54) is 13.8 Å². The normalized spacial score (nSPS) is 13.0. The maximum Gasteiger partial charge on any atom is 0.193 e. The third-order valence-corrected chi connectivity index (χ3v) is 3.78. The van der Waals surface area contributed by atoms with Crippen molar-refractivity contribution in [3.05, 3.63) is 29.8 Å². The predicted molar refractivity (Wildman–Crippen MR) is 100 cm³/mol. The highest BCUT2D eigenvalue weighted by Gasteiger charge is 2.24. The molecule has 0 bridgehead atoms. The lowest BCUT2D eigenvalue weighted by atomic mass is 9.97. The van der Waals surface area contributed by atoms with Gasteiger partial charge in [0.25, 0.3) is 0 Å². The lowest BCUT2D eigenvalue weighted by molar-refractivity contribution is 0.00361. The molecule has 154 valence electrons. The third kappa shape index (κ3) is 9.28. The van der Waals surface area contributed by atoms with Gasteiger partial charge in [0.2, 0.25) is 0 Å². The van der Waals surface area contributed by atoms with Crippen molar-refractivity contribution in [2.45, 2.75) is 25.6 Å². The number of carbonyl (C=O) groups is 1. The van der Waals surface area contributed by atoms with Crippen LogP contribution in [0, 0.1) is 0 Å². The van der Waals surface area contributed by atoms with Gasteiger partial charge in [-0.15, -0.1) is 0 Å². The number of rotatable bonds is 14. The predicted octanol–water partition coefficient (Wildman–Crippen LogP) is -0.317. The molecule has 0 aromatic heterocycles. The molecule has 8 heteroatoms. The van der Waals surface area contributed by atoms with Crippen molar-refractivity contribution in [1.82, 2.24) is 4.90 Å². The highest BCUT2D eigenvalue weighted by atomic mass is 16.5. The van der Waals surface area contributed by atoms with Crippen LogP contribution >= 0.6 is 0 Å². The number of nitrogens with zero attached hydrogens (tertiary/aromatic N) is 1. The van der Waals surface area contributed by atoms with E-state index in [0.29, 0.717) is 30.9 Å². The van der Waals surface area contributed by atoms with Gasteiger partial charge in [-0.3, -0.25) is 9.69 Å². The zero-order valence-corrected chi connectivity index (χ0v) is 16.0. The Morgan fingerprint density at radius 1 is 1.11 bits per heavy atom. The van der Waals surface area contributed by atoms with Gasteiger partial charge in [0, 0.05) is 25.2 Å². The summed E-state index contributed by atoms with van der Waals surface area (Å²) in [5, 5.41) is 37.5. The van der Waals surface area contributed by atoms with Crippen LogP contribution in [0.5, 0.6) is 5.75 Å².